The molecule has 3 nitrogen and oxygen atoms in total. The molecule has 0 saturated carbocycles. The number of rotatable bonds is 5. The van der Waals surface area contributed by atoms with Gasteiger partial charge in [-0.1, -0.05) is 6.92 Å². The van der Waals surface area contributed by atoms with Gasteiger partial charge in [-0.05, 0) is 27.3 Å². The minimum atomic E-state index is 0.705. The highest BCUT2D eigenvalue weighted by atomic mass is 15.3. The Kier molecular flexibility index (Phi) is 5.58. The predicted molar refractivity (Wildman–Crippen MR) is 66.3 cm³/mol. The minimum absolute atomic E-state index is 0.705. The van der Waals surface area contributed by atoms with Gasteiger partial charge in [0.15, 0.2) is 0 Å². The van der Waals surface area contributed by atoms with Crippen LogP contribution in [-0.2, 0) is 0 Å². The maximum Gasteiger partial charge on any atom is 0.0218 e. The van der Waals surface area contributed by atoms with Crippen LogP contribution in [0.15, 0.2) is 0 Å². The minimum Gasteiger partial charge on any atom is -0.318 e. The van der Waals surface area contributed by atoms with Crippen LogP contribution in [0.2, 0.25) is 0 Å². The van der Waals surface area contributed by atoms with E-state index < -0.39 is 0 Å². The van der Waals surface area contributed by atoms with Crippen LogP contribution in [0.25, 0.3) is 0 Å². The second-order valence-electron chi connectivity index (χ2n) is 4.79. The van der Waals surface area contributed by atoms with Gasteiger partial charge in [0.2, 0.25) is 0 Å². The first-order chi connectivity index (χ1) is 7.19. The lowest BCUT2D eigenvalue weighted by atomic mass is 10.1. The lowest BCUT2D eigenvalue weighted by molar-refractivity contribution is 0.0768. The molecular formula is C12H27N3. The second-order valence-corrected chi connectivity index (χ2v) is 4.79. The van der Waals surface area contributed by atoms with Gasteiger partial charge >= 0.3 is 0 Å². The number of likely N-dealkylation sites (N-methyl/N-ethyl adjacent to an activating group) is 1. The summed E-state index contributed by atoms with van der Waals surface area (Å²) in [7, 11) is 2.05. The summed E-state index contributed by atoms with van der Waals surface area (Å²) < 4.78 is 0. The van der Waals surface area contributed by atoms with Gasteiger partial charge in [0.05, 0.1) is 0 Å². The number of piperazine rings is 1. The summed E-state index contributed by atoms with van der Waals surface area (Å²) in [5.41, 5.74) is 0. The van der Waals surface area contributed by atoms with Crippen LogP contribution in [0.5, 0.6) is 0 Å². The molecule has 3 heteroatoms. The Hall–Kier alpha value is -0.120. The molecule has 0 aromatic rings. The highest BCUT2D eigenvalue weighted by Gasteiger charge is 2.23. The predicted octanol–water partition coefficient (Wildman–Crippen LogP) is 1.01. The standard InChI is InChI=1S/C12H27N3/c1-5-12(10-13-4)15-8-6-14(7-9-15)11(2)3/h11-13H,5-10H2,1-4H3. The summed E-state index contributed by atoms with van der Waals surface area (Å²) in [5.74, 6) is 0. The molecule has 0 bridgehead atoms. The third-order valence-electron chi connectivity index (χ3n) is 3.51. The van der Waals surface area contributed by atoms with E-state index in [1.165, 1.54) is 32.6 Å². The highest BCUT2D eigenvalue weighted by Crippen LogP contribution is 2.10. The van der Waals surface area contributed by atoms with Crippen molar-refractivity contribution in [2.24, 2.45) is 0 Å². The van der Waals surface area contributed by atoms with E-state index in [1.807, 2.05) is 7.05 Å². The highest BCUT2D eigenvalue weighted by molar-refractivity contribution is 4.80. The van der Waals surface area contributed by atoms with E-state index in [9.17, 15) is 0 Å². The van der Waals surface area contributed by atoms with Crippen molar-refractivity contribution in [3.63, 3.8) is 0 Å². The van der Waals surface area contributed by atoms with Crippen molar-refractivity contribution in [2.75, 3.05) is 39.8 Å². The van der Waals surface area contributed by atoms with E-state index in [0.29, 0.717) is 6.04 Å². The SMILES string of the molecule is CCC(CNC)N1CCN(C(C)C)CC1. The lowest BCUT2D eigenvalue weighted by Crippen LogP contribution is -2.53. The quantitative estimate of drug-likeness (QED) is 0.735. The Morgan fingerprint density at radius 1 is 1.07 bits per heavy atom. The van der Waals surface area contributed by atoms with E-state index in [0.717, 1.165) is 12.6 Å². The Bertz CT molecular complexity index is 162. The average Bonchev–Trinajstić information content (AvgIpc) is 2.26. The van der Waals surface area contributed by atoms with E-state index >= 15 is 0 Å². The number of nitrogens with zero attached hydrogens (tertiary/aromatic N) is 2. The van der Waals surface area contributed by atoms with Crippen LogP contribution in [0.4, 0.5) is 0 Å². The Balaban J connectivity index is 2.35. The van der Waals surface area contributed by atoms with E-state index in [2.05, 4.69) is 35.9 Å². The van der Waals surface area contributed by atoms with Crippen molar-refractivity contribution in [1.29, 1.82) is 0 Å². The van der Waals surface area contributed by atoms with Crippen molar-refractivity contribution in [1.82, 2.24) is 15.1 Å². The lowest BCUT2D eigenvalue weighted by Gasteiger charge is -2.40. The fourth-order valence-electron chi connectivity index (χ4n) is 2.39. The zero-order valence-electron chi connectivity index (χ0n) is 10.8. The third-order valence-corrected chi connectivity index (χ3v) is 3.51. The van der Waals surface area contributed by atoms with Gasteiger partial charge in [-0.15, -0.1) is 0 Å². The normalized spacial score (nSPS) is 22.2. The fourth-order valence-corrected chi connectivity index (χ4v) is 2.39. The zero-order chi connectivity index (χ0) is 11.3. The molecule has 0 aromatic heterocycles. The summed E-state index contributed by atoms with van der Waals surface area (Å²) in [6, 6.07) is 1.43. The number of nitrogens with one attached hydrogen (secondary N) is 1. The topological polar surface area (TPSA) is 18.5 Å². The first-order valence-electron chi connectivity index (χ1n) is 6.31. The molecule has 0 aliphatic carbocycles. The Morgan fingerprint density at radius 2 is 1.60 bits per heavy atom. The first kappa shape index (κ1) is 12.9. The van der Waals surface area contributed by atoms with Gasteiger partial charge < -0.3 is 5.32 Å². The maximum atomic E-state index is 3.29. The van der Waals surface area contributed by atoms with Gasteiger partial charge in [0.1, 0.15) is 0 Å². The first-order valence-corrected chi connectivity index (χ1v) is 6.31. The maximum absolute atomic E-state index is 3.29. The van der Waals surface area contributed by atoms with Crippen LogP contribution in [0.1, 0.15) is 27.2 Å². The summed E-state index contributed by atoms with van der Waals surface area (Å²) in [4.78, 5) is 5.21. The third kappa shape index (κ3) is 3.74. The van der Waals surface area contributed by atoms with Crippen LogP contribution >= 0.6 is 0 Å². The molecule has 1 heterocycles. The molecule has 1 aliphatic rings. The average molecular weight is 213 g/mol. The summed E-state index contributed by atoms with van der Waals surface area (Å²) >= 11 is 0. The van der Waals surface area contributed by atoms with E-state index in [4.69, 9.17) is 0 Å². The molecular weight excluding hydrogens is 186 g/mol. The smallest absolute Gasteiger partial charge is 0.0218 e. The van der Waals surface area contributed by atoms with Crippen molar-refractivity contribution < 1.29 is 0 Å². The van der Waals surface area contributed by atoms with Crippen molar-refractivity contribution in [3.05, 3.63) is 0 Å². The molecule has 1 atom stereocenters. The van der Waals surface area contributed by atoms with Crippen molar-refractivity contribution >= 4 is 0 Å². The Morgan fingerprint density at radius 3 is 2.00 bits per heavy atom. The molecule has 15 heavy (non-hydrogen) atoms. The monoisotopic (exact) mass is 213 g/mol. The number of hydrogen-bond acceptors (Lipinski definition) is 3. The molecule has 90 valence electrons. The Labute approximate surface area is 94.8 Å². The molecule has 1 fully saturated rings. The van der Waals surface area contributed by atoms with Crippen molar-refractivity contribution in [3.8, 4) is 0 Å². The molecule has 1 aliphatic heterocycles. The van der Waals surface area contributed by atoms with Gasteiger partial charge in [-0.25, -0.2) is 0 Å². The van der Waals surface area contributed by atoms with Gasteiger partial charge in [0.25, 0.3) is 0 Å². The van der Waals surface area contributed by atoms with Crippen LogP contribution in [0, 0.1) is 0 Å². The van der Waals surface area contributed by atoms with Gasteiger partial charge in [-0.3, -0.25) is 9.80 Å². The van der Waals surface area contributed by atoms with Gasteiger partial charge in [0, 0.05) is 44.8 Å². The van der Waals surface area contributed by atoms with Crippen molar-refractivity contribution in [2.45, 2.75) is 39.3 Å². The fraction of sp³-hybridized carbons (Fsp3) is 1.00. The molecule has 1 saturated heterocycles. The van der Waals surface area contributed by atoms with E-state index in [1.54, 1.807) is 0 Å². The van der Waals surface area contributed by atoms with E-state index in [-0.39, 0.29) is 0 Å². The summed E-state index contributed by atoms with van der Waals surface area (Å²) in [6.45, 7) is 12.9. The second kappa shape index (κ2) is 6.46. The summed E-state index contributed by atoms with van der Waals surface area (Å²) in [6.07, 6.45) is 1.25. The molecule has 0 spiro atoms. The van der Waals surface area contributed by atoms with Crippen LogP contribution in [-0.4, -0.2) is 61.7 Å². The largest absolute Gasteiger partial charge is 0.318 e. The summed E-state index contributed by atoms with van der Waals surface area (Å²) in [5, 5.41) is 3.29. The molecule has 0 radical (unpaired) electrons. The van der Waals surface area contributed by atoms with Crippen LogP contribution < -0.4 is 5.32 Å². The molecule has 1 N–H and O–H groups in total. The molecule has 1 rings (SSSR count). The molecule has 1 unspecified atom stereocenters. The molecule has 0 amide bonds. The van der Waals surface area contributed by atoms with Crippen LogP contribution in [0.3, 0.4) is 0 Å². The number of hydrogen-bond donors (Lipinski definition) is 1. The zero-order valence-corrected chi connectivity index (χ0v) is 10.8. The molecule has 0 aromatic carbocycles. The van der Waals surface area contributed by atoms with Gasteiger partial charge in [-0.2, -0.15) is 0 Å².